The third-order valence-electron chi connectivity index (χ3n) is 2.89. The van der Waals surface area contributed by atoms with E-state index in [0.29, 0.717) is 5.56 Å². The first-order valence-electron chi connectivity index (χ1n) is 5.79. The number of nitrogens with zero attached hydrogens (tertiary/aromatic N) is 1. The van der Waals surface area contributed by atoms with Gasteiger partial charge in [0.25, 0.3) is 0 Å². The van der Waals surface area contributed by atoms with Crippen molar-refractivity contribution in [3.05, 3.63) is 41.8 Å². The van der Waals surface area contributed by atoms with Crippen LogP contribution in [0.4, 0.5) is 0 Å². The molecule has 1 aromatic carbocycles. The highest BCUT2D eigenvalue weighted by Crippen LogP contribution is 2.29. The third-order valence-corrected chi connectivity index (χ3v) is 4.39. The molecule has 0 bridgehead atoms. The Kier molecular flexibility index (Phi) is 3.63. The van der Waals surface area contributed by atoms with Crippen LogP contribution in [0.25, 0.3) is 11.5 Å². The summed E-state index contributed by atoms with van der Waals surface area (Å²) in [6, 6.07) is 8.70. The molecular formula is C13H13NO5S. The molecule has 106 valence electrons. The highest BCUT2D eigenvalue weighted by molar-refractivity contribution is 7.90. The van der Waals surface area contributed by atoms with E-state index < -0.39 is 21.1 Å². The number of aromatic nitrogens is 1. The van der Waals surface area contributed by atoms with Crippen LogP contribution in [0.1, 0.15) is 28.4 Å². The van der Waals surface area contributed by atoms with Gasteiger partial charge in [-0.2, -0.15) is 0 Å². The minimum absolute atomic E-state index is 0.0912. The lowest BCUT2D eigenvalue weighted by atomic mass is 10.2. The van der Waals surface area contributed by atoms with E-state index in [-0.39, 0.29) is 17.3 Å². The predicted molar refractivity (Wildman–Crippen MR) is 72.2 cm³/mol. The summed E-state index contributed by atoms with van der Waals surface area (Å²) >= 11 is 0. The molecule has 0 amide bonds. The number of hydrogen-bond acceptors (Lipinski definition) is 5. The Morgan fingerprint density at radius 3 is 2.40 bits per heavy atom. The first-order valence-corrected chi connectivity index (χ1v) is 7.74. The highest BCUT2D eigenvalue weighted by Gasteiger charge is 2.30. The SMILES string of the molecule is CC(c1oc(-c2ccccc2)nc1C(=O)O)S(C)(=O)=O. The van der Waals surface area contributed by atoms with Gasteiger partial charge in [0, 0.05) is 11.8 Å². The monoisotopic (exact) mass is 295 g/mol. The van der Waals surface area contributed by atoms with Crippen LogP contribution in [0.3, 0.4) is 0 Å². The topological polar surface area (TPSA) is 97.5 Å². The maximum Gasteiger partial charge on any atom is 0.358 e. The van der Waals surface area contributed by atoms with Gasteiger partial charge in [0.2, 0.25) is 5.89 Å². The molecule has 6 nitrogen and oxygen atoms in total. The minimum atomic E-state index is -3.48. The molecule has 0 spiro atoms. The van der Waals surface area contributed by atoms with E-state index in [9.17, 15) is 13.2 Å². The van der Waals surface area contributed by atoms with Crippen LogP contribution in [0.5, 0.6) is 0 Å². The van der Waals surface area contributed by atoms with E-state index in [2.05, 4.69) is 4.98 Å². The van der Waals surface area contributed by atoms with Gasteiger partial charge in [0.1, 0.15) is 5.25 Å². The summed E-state index contributed by atoms with van der Waals surface area (Å²) < 4.78 is 28.5. The maximum absolute atomic E-state index is 11.6. The summed E-state index contributed by atoms with van der Waals surface area (Å²) in [5.41, 5.74) is 0.212. The van der Waals surface area contributed by atoms with Gasteiger partial charge < -0.3 is 9.52 Å². The van der Waals surface area contributed by atoms with Crippen molar-refractivity contribution >= 4 is 15.8 Å². The van der Waals surface area contributed by atoms with Crippen LogP contribution in [-0.2, 0) is 9.84 Å². The Hall–Kier alpha value is -2.15. The fourth-order valence-electron chi connectivity index (χ4n) is 1.66. The summed E-state index contributed by atoms with van der Waals surface area (Å²) in [4.78, 5) is 15.1. The molecule has 7 heteroatoms. The first-order chi connectivity index (χ1) is 9.30. The van der Waals surface area contributed by atoms with E-state index in [1.165, 1.54) is 6.92 Å². The molecule has 0 aliphatic rings. The van der Waals surface area contributed by atoms with Crippen LogP contribution in [-0.4, -0.2) is 30.7 Å². The molecule has 20 heavy (non-hydrogen) atoms. The second-order valence-corrected chi connectivity index (χ2v) is 6.74. The molecule has 0 saturated carbocycles. The molecule has 0 saturated heterocycles. The Morgan fingerprint density at radius 2 is 1.90 bits per heavy atom. The molecule has 0 fully saturated rings. The standard InChI is InChI=1S/C13H13NO5S/c1-8(20(2,17)18)11-10(13(15)16)14-12(19-11)9-6-4-3-5-7-9/h3-8H,1-2H3,(H,15,16). The zero-order chi connectivity index (χ0) is 14.9. The second-order valence-electron chi connectivity index (χ2n) is 4.37. The Balaban J connectivity index is 2.58. The van der Waals surface area contributed by atoms with Gasteiger partial charge in [-0.3, -0.25) is 0 Å². The van der Waals surface area contributed by atoms with E-state index >= 15 is 0 Å². The van der Waals surface area contributed by atoms with Crippen molar-refractivity contribution in [2.45, 2.75) is 12.2 Å². The number of carbonyl (C=O) groups is 1. The zero-order valence-corrected chi connectivity index (χ0v) is 11.7. The summed E-state index contributed by atoms with van der Waals surface area (Å²) in [7, 11) is -3.48. The summed E-state index contributed by atoms with van der Waals surface area (Å²) in [6.07, 6.45) is 1.02. The molecule has 2 rings (SSSR count). The quantitative estimate of drug-likeness (QED) is 0.928. The van der Waals surface area contributed by atoms with Crippen LogP contribution in [0.2, 0.25) is 0 Å². The number of aromatic carboxylic acids is 1. The molecule has 0 aliphatic heterocycles. The Labute approximate surface area is 116 Å². The summed E-state index contributed by atoms with van der Waals surface area (Å²) in [6.45, 7) is 1.37. The van der Waals surface area contributed by atoms with Crippen LogP contribution < -0.4 is 0 Å². The van der Waals surface area contributed by atoms with Crippen molar-refractivity contribution in [3.63, 3.8) is 0 Å². The van der Waals surface area contributed by atoms with Crippen molar-refractivity contribution < 1.29 is 22.7 Å². The van der Waals surface area contributed by atoms with E-state index in [4.69, 9.17) is 9.52 Å². The predicted octanol–water partition coefficient (Wildman–Crippen LogP) is 2.15. The number of hydrogen-bond donors (Lipinski definition) is 1. The van der Waals surface area contributed by atoms with Gasteiger partial charge in [0.15, 0.2) is 21.3 Å². The van der Waals surface area contributed by atoms with Crippen LogP contribution in [0, 0.1) is 0 Å². The Bertz CT molecular complexity index is 733. The summed E-state index contributed by atoms with van der Waals surface area (Å²) in [5.74, 6) is -1.38. The van der Waals surface area contributed by atoms with Crippen molar-refractivity contribution in [2.75, 3.05) is 6.26 Å². The van der Waals surface area contributed by atoms with Crippen molar-refractivity contribution in [1.82, 2.24) is 4.98 Å². The summed E-state index contributed by atoms with van der Waals surface area (Å²) in [5, 5.41) is 8.05. The van der Waals surface area contributed by atoms with Crippen molar-refractivity contribution in [2.24, 2.45) is 0 Å². The number of benzene rings is 1. The first kappa shape index (κ1) is 14.3. The van der Waals surface area contributed by atoms with Gasteiger partial charge in [-0.25, -0.2) is 18.2 Å². The van der Waals surface area contributed by atoms with Gasteiger partial charge in [-0.05, 0) is 19.1 Å². The molecule has 1 heterocycles. The normalized spacial score (nSPS) is 13.1. The molecule has 0 aliphatic carbocycles. The highest BCUT2D eigenvalue weighted by atomic mass is 32.2. The van der Waals surface area contributed by atoms with Crippen LogP contribution in [0.15, 0.2) is 34.7 Å². The average Bonchev–Trinajstić information content (AvgIpc) is 2.82. The zero-order valence-electron chi connectivity index (χ0n) is 10.9. The number of rotatable bonds is 4. The third kappa shape index (κ3) is 2.72. The fraction of sp³-hybridized carbons (Fsp3) is 0.231. The average molecular weight is 295 g/mol. The lowest BCUT2D eigenvalue weighted by molar-refractivity contribution is 0.0689. The minimum Gasteiger partial charge on any atom is -0.476 e. The van der Waals surface area contributed by atoms with E-state index in [0.717, 1.165) is 6.26 Å². The van der Waals surface area contributed by atoms with Gasteiger partial charge in [-0.1, -0.05) is 18.2 Å². The smallest absolute Gasteiger partial charge is 0.358 e. The van der Waals surface area contributed by atoms with E-state index in [1.54, 1.807) is 30.3 Å². The lowest BCUT2D eigenvalue weighted by Crippen LogP contribution is -2.11. The number of oxazole rings is 1. The molecule has 0 radical (unpaired) electrons. The van der Waals surface area contributed by atoms with Crippen molar-refractivity contribution in [3.8, 4) is 11.5 Å². The van der Waals surface area contributed by atoms with Crippen molar-refractivity contribution in [1.29, 1.82) is 0 Å². The molecule has 1 N–H and O–H groups in total. The lowest BCUT2D eigenvalue weighted by Gasteiger charge is -2.05. The molecule has 1 atom stereocenters. The number of sulfone groups is 1. The molecular weight excluding hydrogens is 282 g/mol. The number of carboxylic acids is 1. The molecule has 1 aromatic heterocycles. The van der Waals surface area contributed by atoms with E-state index in [1.807, 2.05) is 0 Å². The van der Waals surface area contributed by atoms with Gasteiger partial charge >= 0.3 is 5.97 Å². The largest absolute Gasteiger partial charge is 0.476 e. The second kappa shape index (κ2) is 5.09. The van der Waals surface area contributed by atoms with Gasteiger partial charge in [-0.15, -0.1) is 0 Å². The van der Waals surface area contributed by atoms with Crippen LogP contribution >= 0.6 is 0 Å². The number of carboxylic acid groups (broad SMARTS) is 1. The van der Waals surface area contributed by atoms with Gasteiger partial charge in [0.05, 0.1) is 0 Å². The molecule has 2 aromatic rings. The maximum atomic E-state index is 11.6. The fourth-order valence-corrected chi connectivity index (χ4v) is 2.21. The molecule has 1 unspecified atom stereocenters. The Morgan fingerprint density at radius 1 is 1.30 bits per heavy atom.